The standard InChI is InChI=1S/C17H17NS/c1-14(16-10-6-3-7-11-16)18-17(19)13-12-15-8-4-2-5-9-15/h2-14H,1H3,(H,18,19)/b13-12+/t14-/m1/s1. The van der Waals surface area contributed by atoms with Crippen molar-refractivity contribution in [2.45, 2.75) is 13.0 Å². The molecule has 0 saturated carbocycles. The molecule has 0 bridgehead atoms. The third kappa shape index (κ3) is 4.34. The maximum Gasteiger partial charge on any atom is 0.0992 e. The number of benzene rings is 2. The van der Waals surface area contributed by atoms with Crippen LogP contribution in [0.15, 0.2) is 66.7 Å². The van der Waals surface area contributed by atoms with Crippen molar-refractivity contribution in [3.8, 4) is 0 Å². The Labute approximate surface area is 120 Å². The van der Waals surface area contributed by atoms with Gasteiger partial charge < -0.3 is 5.32 Å². The second-order valence-electron chi connectivity index (χ2n) is 4.38. The molecule has 2 aromatic rings. The van der Waals surface area contributed by atoms with Gasteiger partial charge in [-0.05, 0) is 24.1 Å². The van der Waals surface area contributed by atoms with E-state index in [2.05, 4.69) is 36.5 Å². The maximum atomic E-state index is 5.33. The summed E-state index contributed by atoms with van der Waals surface area (Å²) in [5, 5.41) is 3.31. The van der Waals surface area contributed by atoms with Gasteiger partial charge in [0.25, 0.3) is 0 Å². The fourth-order valence-electron chi connectivity index (χ4n) is 1.82. The lowest BCUT2D eigenvalue weighted by molar-refractivity contribution is 0.726. The summed E-state index contributed by atoms with van der Waals surface area (Å²) < 4.78 is 0. The Balaban J connectivity index is 1.93. The summed E-state index contributed by atoms with van der Waals surface area (Å²) in [5.74, 6) is 0. The molecule has 1 atom stereocenters. The van der Waals surface area contributed by atoms with E-state index in [9.17, 15) is 0 Å². The van der Waals surface area contributed by atoms with Crippen LogP contribution in [-0.4, -0.2) is 4.99 Å². The van der Waals surface area contributed by atoms with Crippen molar-refractivity contribution in [2.24, 2.45) is 0 Å². The SMILES string of the molecule is C[C@@H](NC(=S)/C=C/c1ccccc1)c1ccccc1. The lowest BCUT2D eigenvalue weighted by Crippen LogP contribution is -2.23. The maximum absolute atomic E-state index is 5.33. The molecule has 1 nitrogen and oxygen atoms in total. The summed E-state index contributed by atoms with van der Waals surface area (Å²) in [6.45, 7) is 2.11. The molecule has 0 saturated heterocycles. The van der Waals surface area contributed by atoms with Crippen LogP contribution in [0.25, 0.3) is 6.08 Å². The molecule has 0 heterocycles. The summed E-state index contributed by atoms with van der Waals surface area (Å²) >= 11 is 5.33. The highest BCUT2D eigenvalue weighted by Crippen LogP contribution is 2.11. The van der Waals surface area contributed by atoms with Crippen LogP contribution in [0.3, 0.4) is 0 Å². The molecule has 0 spiro atoms. The summed E-state index contributed by atoms with van der Waals surface area (Å²) in [5.41, 5.74) is 2.39. The van der Waals surface area contributed by atoms with E-state index in [1.54, 1.807) is 0 Å². The quantitative estimate of drug-likeness (QED) is 0.652. The number of rotatable bonds is 4. The van der Waals surface area contributed by atoms with E-state index < -0.39 is 0 Å². The number of hydrogen-bond acceptors (Lipinski definition) is 1. The number of thiocarbonyl (C=S) groups is 1. The van der Waals surface area contributed by atoms with Crippen LogP contribution in [0.5, 0.6) is 0 Å². The fraction of sp³-hybridized carbons (Fsp3) is 0.118. The van der Waals surface area contributed by atoms with Crippen LogP contribution < -0.4 is 5.32 Å². The number of nitrogens with one attached hydrogen (secondary N) is 1. The summed E-state index contributed by atoms with van der Waals surface area (Å²) in [6.07, 6.45) is 3.96. The van der Waals surface area contributed by atoms with Gasteiger partial charge in [0.05, 0.1) is 4.99 Å². The van der Waals surface area contributed by atoms with Crippen molar-refractivity contribution in [2.75, 3.05) is 0 Å². The molecular formula is C17H17NS. The molecule has 0 unspecified atom stereocenters. The van der Waals surface area contributed by atoms with Gasteiger partial charge >= 0.3 is 0 Å². The first-order valence-electron chi connectivity index (χ1n) is 6.34. The lowest BCUT2D eigenvalue weighted by atomic mass is 10.1. The van der Waals surface area contributed by atoms with E-state index in [0.29, 0.717) is 0 Å². The van der Waals surface area contributed by atoms with E-state index in [1.807, 2.05) is 48.6 Å². The van der Waals surface area contributed by atoms with Gasteiger partial charge in [-0.2, -0.15) is 0 Å². The molecule has 2 heteroatoms. The van der Waals surface area contributed by atoms with Crippen LogP contribution in [0.2, 0.25) is 0 Å². The van der Waals surface area contributed by atoms with Gasteiger partial charge in [0.15, 0.2) is 0 Å². The van der Waals surface area contributed by atoms with Crippen molar-refractivity contribution in [1.82, 2.24) is 5.32 Å². The van der Waals surface area contributed by atoms with Crippen LogP contribution in [0, 0.1) is 0 Å². The molecule has 2 rings (SSSR count). The summed E-state index contributed by atoms with van der Waals surface area (Å²) in [4.78, 5) is 0.750. The van der Waals surface area contributed by atoms with Crippen LogP contribution in [0.1, 0.15) is 24.1 Å². The molecule has 96 valence electrons. The molecule has 0 aliphatic carbocycles. The third-order valence-electron chi connectivity index (χ3n) is 2.89. The van der Waals surface area contributed by atoms with Gasteiger partial charge in [-0.25, -0.2) is 0 Å². The van der Waals surface area contributed by atoms with Crippen LogP contribution >= 0.6 is 12.2 Å². The minimum atomic E-state index is 0.217. The predicted molar refractivity (Wildman–Crippen MR) is 86.1 cm³/mol. The lowest BCUT2D eigenvalue weighted by Gasteiger charge is -2.14. The van der Waals surface area contributed by atoms with Crippen LogP contribution in [-0.2, 0) is 0 Å². The Morgan fingerprint density at radius 2 is 1.58 bits per heavy atom. The molecule has 1 N–H and O–H groups in total. The molecule has 0 radical (unpaired) electrons. The first-order valence-corrected chi connectivity index (χ1v) is 6.75. The Morgan fingerprint density at radius 3 is 2.21 bits per heavy atom. The Bertz CT molecular complexity index is 546. The first kappa shape index (κ1) is 13.5. The van der Waals surface area contributed by atoms with Crippen molar-refractivity contribution in [3.05, 3.63) is 77.9 Å². The molecular weight excluding hydrogens is 250 g/mol. The Hall–Kier alpha value is -1.93. The summed E-state index contributed by atoms with van der Waals surface area (Å²) in [7, 11) is 0. The highest BCUT2D eigenvalue weighted by Gasteiger charge is 2.03. The highest BCUT2D eigenvalue weighted by molar-refractivity contribution is 7.80. The Kier molecular flexibility index (Phi) is 4.87. The first-order chi connectivity index (χ1) is 9.25. The zero-order chi connectivity index (χ0) is 13.5. The molecule has 0 aliphatic rings. The molecule has 0 fully saturated rings. The smallest absolute Gasteiger partial charge is 0.0992 e. The van der Waals surface area contributed by atoms with Gasteiger partial charge in [-0.3, -0.25) is 0 Å². The van der Waals surface area contributed by atoms with E-state index in [1.165, 1.54) is 5.56 Å². The normalized spacial score (nSPS) is 12.3. The third-order valence-corrected chi connectivity index (χ3v) is 3.14. The van der Waals surface area contributed by atoms with Gasteiger partial charge in [0, 0.05) is 6.04 Å². The molecule has 19 heavy (non-hydrogen) atoms. The van der Waals surface area contributed by atoms with E-state index >= 15 is 0 Å². The number of hydrogen-bond donors (Lipinski definition) is 1. The molecule has 0 aliphatic heterocycles. The van der Waals surface area contributed by atoms with Gasteiger partial charge in [0.2, 0.25) is 0 Å². The van der Waals surface area contributed by atoms with Gasteiger partial charge in [-0.1, -0.05) is 79.0 Å². The minimum absolute atomic E-state index is 0.217. The van der Waals surface area contributed by atoms with E-state index in [-0.39, 0.29) is 6.04 Å². The van der Waals surface area contributed by atoms with E-state index in [4.69, 9.17) is 12.2 Å². The fourth-order valence-corrected chi connectivity index (χ4v) is 2.07. The zero-order valence-electron chi connectivity index (χ0n) is 10.9. The van der Waals surface area contributed by atoms with Gasteiger partial charge in [0.1, 0.15) is 0 Å². The molecule has 0 amide bonds. The minimum Gasteiger partial charge on any atom is -0.370 e. The van der Waals surface area contributed by atoms with Crippen molar-refractivity contribution >= 4 is 23.3 Å². The van der Waals surface area contributed by atoms with Crippen molar-refractivity contribution in [1.29, 1.82) is 0 Å². The highest BCUT2D eigenvalue weighted by atomic mass is 32.1. The molecule has 0 aromatic heterocycles. The van der Waals surface area contributed by atoms with Gasteiger partial charge in [-0.15, -0.1) is 0 Å². The van der Waals surface area contributed by atoms with Crippen molar-refractivity contribution < 1.29 is 0 Å². The second-order valence-corrected chi connectivity index (χ2v) is 4.82. The molecule has 2 aromatic carbocycles. The van der Waals surface area contributed by atoms with Crippen LogP contribution in [0.4, 0.5) is 0 Å². The van der Waals surface area contributed by atoms with Crippen molar-refractivity contribution in [3.63, 3.8) is 0 Å². The zero-order valence-corrected chi connectivity index (χ0v) is 11.7. The predicted octanol–water partition coefficient (Wildman–Crippen LogP) is 4.38. The average molecular weight is 267 g/mol. The average Bonchev–Trinajstić information content (AvgIpc) is 2.47. The Morgan fingerprint density at radius 1 is 1.00 bits per heavy atom. The van der Waals surface area contributed by atoms with E-state index in [0.717, 1.165) is 10.6 Å². The monoisotopic (exact) mass is 267 g/mol. The largest absolute Gasteiger partial charge is 0.370 e. The second kappa shape index (κ2) is 6.86. The topological polar surface area (TPSA) is 12.0 Å². The summed E-state index contributed by atoms with van der Waals surface area (Å²) in [6, 6.07) is 20.7.